The van der Waals surface area contributed by atoms with E-state index in [1.165, 1.54) is 5.56 Å². The maximum absolute atomic E-state index is 11.8. The minimum Gasteiger partial charge on any atom is -0.320 e. The molecule has 1 aromatic rings. The molecule has 1 saturated heterocycles. The monoisotopic (exact) mass is 260 g/mol. The zero-order valence-corrected chi connectivity index (χ0v) is 11.6. The smallest absolute Gasteiger partial charge is 0.320 e. The van der Waals surface area contributed by atoms with Crippen LogP contribution in [0.3, 0.4) is 0 Å². The largest absolute Gasteiger partial charge is 0.322 e. The quantitative estimate of drug-likeness (QED) is 0.816. The normalized spacial score (nSPS) is 22.5. The van der Waals surface area contributed by atoms with Gasteiger partial charge in [-0.2, -0.15) is 0 Å². The number of nitrogens with one attached hydrogen (secondary N) is 2. The summed E-state index contributed by atoms with van der Waals surface area (Å²) in [4.78, 5) is 23.1. The van der Waals surface area contributed by atoms with Crippen LogP contribution in [0.2, 0.25) is 0 Å². The number of hydrogen-bond acceptors (Lipinski definition) is 2. The lowest BCUT2D eigenvalue weighted by molar-refractivity contribution is -0.123. The van der Waals surface area contributed by atoms with E-state index in [9.17, 15) is 9.59 Å². The van der Waals surface area contributed by atoms with E-state index >= 15 is 0 Å². The Balaban J connectivity index is 2.14. The van der Waals surface area contributed by atoms with Gasteiger partial charge in [0.05, 0.1) is 0 Å². The fourth-order valence-corrected chi connectivity index (χ4v) is 2.21. The molecular weight excluding hydrogens is 240 g/mol. The second kappa shape index (κ2) is 5.03. The third kappa shape index (κ3) is 2.78. The van der Waals surface area contributed by atoms with Gasteiger partial charge in [0, 0.05) is 0 Å². The van der Waals surface area contributed by atoms with Gasteiger partial charge in [0.15, 0.2) is 0 Å². The second-order valence-corrected chi connectivity index (χ2v) is 5.66. The van der Waals surface area contributed by atoms with Gasteiger partial charge >= 0.3 is 6.03 Å². The molecule has 1 heterocycles. The maximum Gasteiger partial charge on any atom is 0.322 e. The number of hydrogen-bond donors (Lipinski definition) is 2. The molecule has 1 aromatic carbocycles. The molecule has 0 unspecified atom stereocenters. The SMILES string of the molecule is CC(C)CCc1ccc([C@@]2(C)NC(=O)NC2=O)cc1. The standard InChI is InChI=1S/C15H20N2O2/c1-10(2)4-5-11-6-8-12(9-7-11)15(3)13(18)16-14(19)17-15/h6-10H,4-5H2,1-3H3,(H2,16,17,18,19)/t15-/m1/s1. The summed E-state index contributed by atoms with van der Waals surface area (Å²) < 4.78 is 0. The first-order chi connectivity index (χ1) is 8.91. The molecule has 1 aliphatic heterocycles. The van der Waals surface area contributed by atoms with Gasteiger partial charge in [-0.1, -0.05) is 38.1 Å². The van der Waals surface area contributed by atoms with E-state index in [1.807, 2.05) is 24.3 Å². The Bertz CT molecular complexity index is 493. The Labute approximate surface area is 113 Å². The topological polar surface area (TPSA) is 58.2 Å². The molecule has 4 nitrogen and oxygen atoms in total. The molecular formula is C15H20N2O2. The highest BCUT2D eigenvalue weighted by Crippen LogP contribution is 2.24. The first kappa shape index (κ1) is 13.6. The number of carbonyl (C=O) groups excluding carboxylic acids is 2. The summed E-state index contributed by atoms with van der Waals surface area (Å²) >= 11 is 0. The molecule has 0 saturated carbocycles. The molecule has 0 aliphatic carbocycles. The van der Waals surface area contributed by atoms with Gasteiger partial charge < -0.3 is 5.32 Å². The predicted molar refractivity (Wildman–Crippen MR) is 73.6 cm³/mol. The Morgan fingerprint density at radius 3 is 2.26 bits per heavy atom. The van der Waals surface area contributed by atoms with Crippen LogP contribution < -0.4 is 10.6 Å². The lowest BCUT2D eigenvalue weighted by Gasteiger charge is -2.21. The van der Waals surface area contributed by atoms with Gasteiger partial charge in [-0.25, -0.2) is 4.79 Å². The van der Waals surface area contributed by atoms with Crippen molar-refractivity contribution >= 4 is 11.9 Å². The van der Waals surface area contributed by atoms with Crippen molar-refractivity contribution in [2.75, 3.05) is 0 Å². The highest BCUT2D eigenvalue weighted by Gasteiger charge is 2.43. The lowest BCUT2D eigenvalue weighted by Crippen LogP contribution is -2.40. The number of urea groups is 1. The Hall–Kier alpha value is -1.84. The van der Waals surface area contributed by atoms with E-state index in [1.54, 1.807) is 6.92 Å². The molecule has 0 radical (unpaired) electrons. The summed E-state index contributed by atoms with van der Waals surface area (Å²) in [6, 6.07) is 7.46. The van der Waals surface area contributed by atoms with Crippen molar-refractivity contribution in [2.45, 2.75) is 39.2 Å². The van der Waals surface area contributed by atoms with Gasteiger partial charge in [-0.15, -0.1) is 0 Å². The van der Waals surface area contributed by atoms with E-state index in [-0.39, 0.29) is 5.91 Å². The Morgan fingerprint density at radius 1 is 1.16 bits per heavy atom. The summed E-state index contributed by atoms with van der Waals surface area (Å²) in [5.74, 6) is 0.379. The fraction of sp³-hybridized carbons (Fsp3) is 0.467. The summed E-state index contributed by atoms with van der Waals surface area (Å²) in [6.07, 6.45) is 2.18. The van der Waals surface area contributed by atoms with Gasteiger partial charge in [0.1, 0.15) is 5.54 Å². The Kier molecular flexibility index (Phi) is 3.60. The summed E-state index contributed by atoms with van der Waals surface area (Å²) in [5.41, 5.74) is 1.11. The van der Waals surface area contributed by atoms with Crippen LogP contribution in [-0.2, 0) is 16.8 Å². The molecule has 102 valence electrons. The molecule has 2 N–H and O–H groups in total. The van der Waals surface area contributed by atoms with Gasteiger partial charge in [0.25, 0.3) is 5.91 Å². The molecule has 4 heteroatoms. The van der Waals surface area contributed by atoms with E-state index in [0.717, 1.165) is 18.4 Å². The zero-order chi connectivity index (χ0) is 14.0. The number of carbonyl (C=O) groups is 2. The minimum absolute atomic E-state index is 0.299. The van der Waals surface area contributed by atoms with Crippen molar-refractivity contribution in [3.63, 3.8) is 0 Å². The van der Waals surface area contributed by atoms with Crippen molar-refractivity contribution in [2.24, 2.45) is 5.92 Å². The number of amides is 3. The molecule has 0 aromatic heterocycles. The zero-order valence-electron chi connectivity index (χ0n) is 11.6. The van der Waals surface area contributed by atoms with Crippen LogP contribution in [-0.4, -0.2) is 11.9 Å². The maximum atomic E-state index is 11.8. The number of benzene rings is 1. The molecule has 1 aliphatic rings. The van der Waals surface area contributed by atoms with Crippen LogP contribution in [0.25, 0.3) is 0 Å². The molecule has 1 atom stereocenters. The van der Waals surface area contributed by atoms with Crippen LogP contribution in [0.5, 0.6) is 0 Å². The fourth-order valence-electron chi connectivity index (χ4n) is 2.21. The van der Waals surface area contributed by atoms with Crippen LogP contribution in [0.15, 0.2) is 24.3 Å². The van der Waals surface area contributed by atoms with Crippen LogP contribution in [0, 0.1) is 5.92 Å². The number of imide groups is 1. The van der Waals surface area contributed by atoms with E-state index in [2.05, 4.69) is 24.5 Å². The number of rotatable bonds is 4. The first-order valence-electron chi connectivity index (χ1n) is 6.65. The molecule has 3 amide bonds. The molecule has 0 spiro atoms. The van der Waals surface area contributed by atoms with Gasteiger partial charge in [-0.3, -0.25) is 10.1 Å². The first-order valence-corrected chi connectivity index (χ1v) is 6.65. The second-order valence-electron chi connectivity index (χ2n) is 5.66. The van der Waals surface area contributed by atoms with Crippen molar-refractivity contribution in [1.29, 1.82) is 0 Å². The van der Waals surface area contributed by atoms with Crippen molar-refractivity contribution in [3.8, 4) is 0 Å². The average Bonchev–Trinajstić information content (AvgIpc) is 2.62. The van der Waals surface area contributed by atoms with Crippen LogP contribution in [0.4, 0.5) is 4.79 Å². The Morgan fingerprint density at radius 2 is 1.79 bits per heavy atom. The predicted octanol–water partition coefficient (Wildman–Crippen LogP) is 2.33. The van der Waals surface area contributed by atoms with Gasteiger partial charge in [0.2, 0.25) is 0 Å². The minimum atomic E-state index is -0.951. The average molecular weight is 260 g/mol. The highest BCUT2D eigenvalue weighted by molar-refractivity contribution is 6.07. The molecule has 1 fully saturated rings. The number of aryl methyl sites for hydroxylation is 1. The van der Waals surface area contributed by atoms with E-state index < -0.39 is 11.6 Å². The van der Waals surface area contributed by atoms with Crippen molar-refractivity contribution in [3.05, 3.63) is 35.4 Å². The summed E-state index contributed by atoms with van der Waals surface area (Å²) in [5, 5.41) is 4.94. The van der Waals surface area contributed by atoms with Crippen molar-refractivity contribution in [1.82, 2.24) is 10.6 Å². The summed E-state index contributed by atoms with van der Waals surface area (Å²) in [7, 11) is 0. The van der Waals surface area contributed by atoms with Gasteiger partial charge in [-0.05, 0) is 36.8 Å². The molecule has 2 rings (SSSR count). The van der Waals surface area contributed by atoms with Crippen LogP contribution >= 0.6 is 0 Å². The highest BCUT2D eigenvalue weighted by atomic mass is 16.2. The third-order valence-corrected chi connectivity index (χ3v) is 3.59. The van der Waals surface area contributed by atoms with Crippen molar-refractivity contribution < 1.29 is 9.59 Å². The van der Waals surface area contributed by atoms with Crippen LogP contribution in [0.1, 0.15) is 38.3 Å². The van der Waals surface area contributed by atoms with E-state index in [0.29, 0.717) is 5.92 Å². The lowest BCUT2D eigenvalue weighted by atomic mass is 9.91. The molecule has 0 bridgehead atoms. The molecule has 19 heavy (non-hydrogen) atoms. The van der Waals surface area contributed by atoms with E-state index in [4.69, 9.17) is 0 Å². The summed E-state index contributed by atoms with van der Waals surface area (Å²) in [6.45, 7) is 6.12. The third-order valence-electron chi connectivity index (χ3n) is 3.59.